The maximum Gasteiger partial charge on any atom is 0.278 e. The lowest BCUT2D eigenvalue weighted by Crippen LogP contribution is -2.32. The van der Waals surface area contributed by atoms with Crippen molar-refractivity contribution in [3.05, 3.63) is 75.1 Å². The van der Waals surface area contributed by atoms with E-state index in [1.165, 1.54) is 12.3 Å². The van der Waals surface area contributed by atoms with Crippen LogP contribution in [0.5, 0.6) is 11.5 Å². The number of pyridine rings is 3. The maximum absolute atomic E-state index is 13.2. The van der Waals surface area contributed by atoms with Crippen molar-refractivity contribution in [2.75, 3.05) is 18.6 Å². The monoisotopic (exact) mass is 432 g/mol. The van der Waals surface area contributed by atoms with Gasteiger partial charge in [-0.1, -0.05) is 13.0 Å². The minimum atomic E-state index is -0.444. The van der Waals surface area contributed by atoms with Crippen LogP contribution < -0.4 is 26.0 Å². The van der Waals surface area contributed by atoms with Crippen molar-refractivity contribution in [3.63, 3.8) is 0 Å². The molecule has 9 heteroatoms. The number of carbonyl (C=O) groups excluding carboxylic acids is 1. The SMILES string of the molecule is CCC(=O)Nn1ccc2nc3ccn(Cc4ccc5c(c4)OCCO5)c(=O)c3cc2c1=O. The molecule has 32 heavy (non-hydrogen) atoms. The van der Waals surface area contributed by atoms with Crippen LogP contribution >= 0.6 is 0 Å². The van der Waals surface area contributed by atoms with Crippen LogP contribution in [0.2, 0.25) is 0 Å². The number of hydrogen-bond donors (Lipinski definition) is 1. The predicted octanol–water partition coefficient (Wildman–Crippen LogP) is 2.01. The molecule has 0 atom stereocenters. The molecule has 0 saturated heterocycles. The average molecular weight is 432 g/mol. The van der Waals surface area contributed by atoms with E-state index in [0.717, 1.165) is 10.2 Å². The highest BCUT2D eigenvalue weighted by Crippen LogP contribution is 2.30. The Balaban J connectivity index is 1.56. The largest absolute Gasteiger partial charge is 0.486 e. The zero-order chi connectivity index (χ0) is 22.2. The molecule has 0 spiro atoms. The van der Waals surface area contributed by atoms with Gasteiger partial charge in [0.05, 0.1) is 28.4 Å². The fraction of sp³-hybridized carbons (Fsp3) is 0.217. The van der Waals surface area contributed by atoms with E-state index in [1.54, 1.807) is 29.8 Å². The fourth-order valence-corrected chi connectivity index (χ4v) is 3.67. The van der Waals surface area contributed by atoms with Crippen LogP contribution in [0, 0.1) is 0 Å². The first kappa shape index (κ1) is 19.8. The highest BCUT2D eigenvalue weighted by molar-refractivity contribution is 5.92. The lowest BCUT2D eigenvalue weighted by Gasteiger charge is -2.19. The molecule has 5 rings (SSSR count). The summed E-state index contributed by atoms with van der Waals surface area (Å²) < 4.78 is 13.8. The minimum Gasteiger partial charge on any atom is -0.486 e. The van der Waals surface area contributed by atoms with E-state index in [-0.39, 0.29) is 23.3 Å². The van der Waals surface area contributed by atoms with E-state index in [9.17, 15) is 14.4 Å². The third-order valence-corrected chi connectivity index (χ3v) is 5.34. The van der Waals surface area contributed by atoms with Crippen LogP contribution in [0.1, 0.15) is 18.9 Å². The standard InChI is InChI=1S/C23H20N4O5/c1-2-21(28)25-27-8-6-18-16(23(27)30)12-15-17(24-18)5-7-26(22(15)29)13-14-3-4-19-20(11-14)32-10-9-31-19/h3-8,11-12H,2,9-10,13H2,1H3,(H,25,28). The van der Waals surface area contributed by atoms with Crippen molar-refractivity contribution >= 4 is 27.7 Å². The molecule has 9 nitrogen and oxygen atoms in total. The van der Waals surface area contributed by atoms with Crippen molar-refractivity contribution < 1.29 is 14.3 Å². The molecular formula is C23H20N4O5. The van der Waals surface area contributed by atoms with Crippen LogP contribution in [0.15, 0.2) is 58.4 Å². The lowest BCUT2D eigenvalue weighted by molar-refractivity contribution is -0.116. The molecule has 1 N–H and O–H groups in total. The normalized spacial score (nSPS) is 12.8. The Bertz CT molecular complexity index is 1490. The number of carbonyl (C=O) groups is 1. The van der Waals surface area contributed by atoms with Gasteiger partial charge in [0.15, 0.2) is 11.5 Å². The van der Waals surface area contributed by atoms with Gasteiger partial charge >= 0.3 is 0 Å². The topological polar surface area (TPSA) is 104 Å². The molecular weight excluding hydrogens is 412 g/mol. The third-order valence-electron chi connectivity index (χ3n) is 5.34. The summed E-state index contributed by atoms with van der Waals surface area (Å²) in [4.78, 5) is 42.2. The van der Waals surface area contributed by atoms with Crippen LogP contribution in [-0.4, -0.2) is 33.3 Å². The molecule has 0 saturated carbocycles. The fourth-order valence-electron chi connectivity index (χ4n) is 3.67. The van der Waals surface area contributed by atoms with E-state index in [2.05, 4.69) is 10.4 Å². The third kappa shape index (κ3) is 3.47. The van der Waals surface area contributed by atoms with Gasteiger partial charge < -0.3 is 14.0 Å². The summed E-state index contributed by atoms with van der Waals surface area (Å²) >= 11 is 0. The van der Waals surface area contributed by atoms with E-state index in [1.807, 2.05) is 18.2 Å². The number of benzene rings is 1. The van der Waals surface area contributed by atoms with Crippen molar-refractivity contribution in [2.45, 2.75) is 19.9 Å². The zero-order valence-corrected chi connectivity index (χ0v) is 17.3. The predicted molar refractivity (Wildman–Crippen MR) is 119 cm³/mol. The van der Waals surface area contributed by atoms with Crippen LogP contribution in [0.3, 0.4) is 0 Å². The van der Waals surface area contributed by atoms with Gasteiger partial charge in [0.2, 0.25) is 5.91 Å². The number of aromatic nitrogens is 3. The number of fused-ring (bicyclic) bond motifs is 3. The molecule has 1 amide bonds. The molecule has 0 fully saturated rings. The van der Waals surface area contributed by atoms with Crippen molar-refractivity contribution in [1.29, 1.82) is 0 Å². The second-order valence-electron chi connectivity index (χ2n) is 7.46. The Kier molecular flexibility index (Phi) is 4.85. The molecule has 1 aromatic carbocycles. The van der Waals surface area contributed by atoms with Gasteiger partial charge in [0.25, 0.3) is 11.1 Å². The molecule has 1 aliphatic rings. The van der Waals surface area contributed by atoms with Gasteiger partial charge in [-0.05, 0) is 35.9 Å². The molecule has 0 aliphatic carbocycles. The molecule has 4 aromatic rings. The number of nitrogens with one attached hydrogen (secondary N) is 1. The smallest absolute Gasteiger partial charge is 0.278 e. The molecule has 162 valence electrons. The van der Waals surface area contributed by atoms with Crippen molar-refractivity contribution in [3.8, 4) is 11.5 Å². The van der Waals surface area contributed by atoms with Gasteiger partial charge in [-0.15, -0.1) is 0 Å². The van der Waals surface area contributed by atoms with E-state index >= 15 is 0 Å². The van der Waals surface area contributed by atoms with E-state index in [0.29, 0.717) is 47.7 Å². The number of nitrogens with zero attached hydrogens (tertiary/aromatic N) is 3. The number of amides is 1. The van der Waals surface area contributed by atoms with Crippen molar-refractivity contribution in [2.24, 2.45) is 0 Å². The Morgan fingerprint density at radius 1 is 0.969 bits per heavy atom. The minimum absolute atomic E-state index is 0.241. The van der Waals surface area contributed by atoms with E-state index < -0.39 is 5.56 Å². The second kappa shape index (κ2) is 7.84. The average Bonchev–Trinajstić information content (AvgIpc) is 2.82. The second-order valence-corrected chi connectivity index (χ2v) is 7.46. The summed E-state index contributed by atoms with van der Waals surface area (Å²) in [5.74, 6) is 1.06. The first-order valence-electron chi connectivity index (χ1n) is 10.3. The number of ether oxygens (including phenoxy) is 2. The maximum atomic E-state index is 13.2. The first-order valence-corrected chi connectivity index (χ1v) is 10.3. The molecule has 0 radical (unpaired) electrons. The van der Waals surface area contributed by atoms with Gasteiger partial charge in [-0.25, -0.2) is 9.66 Å². The summed E-state index contributed by atoms with van der Waals surface area (Å²) in [7, 11) is 0. The number of hydrogen-bond acceptors (Lipinski definition) is 6. The van der Waals surface area contributed by atoms with Crippen LogP contribution in [-0.2, 0) is 11.3 Å². The summed E-state index contributed by atoms with van der Waals surface area (Å²) in [6.07, 6.45) is 3.38. The quantitative estimate of drug-likeness (QED) is 0.495. The van der Waals surface area contributed by atoms with Crippen LogP contribution in [0.25, 0.3) is 21.8 Å². The van der Waals surface area contributed by atoms with Crippen LogP contribution in [0.4, 0.5) is 0 Å². The summed E-state index contributed by atoms with van der Waals surface area (Å²) in [6, 6.07) is 10.5. The van der Waals surface area contributed by atoms with Gasteiger partial charge in [-0.3, -0.25) is 19.8 Å². The lowest BCUT2D eigenvalue weighted by atomic mass is 10.1. The molecule has 3 aromatic heterocycles. The van der Waals surface area contributed by atoms with Gasteiger partial charge in [0.1, 0.15) is 13.2 Å². The van der Waals surface area contributed by atoms with E-state index in [4.69, 9.17) is 9.47 Å². The molecule has 4 heterocycles. The molecule has 0 unspecified atom stereocenters. The highest BCUT2D eigenvalue weighted by atomic mass is 16.6. The Morgan fingerprint density at radius 2 is 1.69 bits per heavy atom. The molecule has 0 bridgehead atoms. The Labute approximate surface area is 181 Å². The summed E-state index contributed by atoms with van der Waals surface area (Å²) in [5, 5.41) is 0.583. The number of rotatable bonds is 4. The first-order chi connectivity index (χ1) is 15.5. The Hall–Kier alpha value is -4.14. The Morgan fingerprint density at radius 3 is 2.47 bits per heavy atom. The summed E-state index contributed by atoms with van der Waals surface area (Å²) in [5.41, 5.74) is 3.64. The van der Waals surface area contributed by atoms with Crippen molar-refractivity contribution in [1.82, 2.24) is 14.2 Å². The van der Waals surface area contributed by atoms with Gasteiger partial charge in [0, 0.05) is 18.8 Å². The molecule has 1 aliphatic heterocycles. The van der Waals surface area contributed by atoms with Gasteiger partial charge in [-0.2, -0.15) is 0 Å². The zero-order valence-electron chi connectivity index (χ0n) is 17.3. The highest BCUT2D eigenvalue weighted by Gasteiger charge is 2.14. The summed E-state index contributed by atoms with van der Waals surface area (Å²) in [6.45, 7) is 3.03.